The van der Waals surface area contributed by atoms with Gasteiger partial charge in [0.15, 0.2) is 6.61 Å². The van der Waals surface area contributed by atoms with E-state index in [1.807, 2.05) is 0 Å². The van der Waals surface area contributed by atoms with Crippen LogP contribution in [-0.2, 0) is 14.4 Å². The molecule has 0 radical (unpaired) electrons. The Morgan fingerprint density at radius 3 is 2.43 bits per heavy atom. The number of hydrogen-bond donors (Lipinski definition) is 2. The first-order valence-corrected chi connectivity index (χ1v) is 12.0. The molecule has 0 saturated carbocycles. The Labute approximate surface area is 225 Å². The fraction of sp³-hybridized carbons (Fsp3) is 0.0769. The molecule has 0 aliphatic carbocycles. The summed E-state index contributed by atoms with van der Waals surface area (Å²) in [6.45, 7) is -0.336. The summed E-state index contributed by atoms with van der Waals surface area (Å²) >= 11 is 9.21. The highest BCUT2D eigenvalue weighted by atomic mass is 79.9. The molecule has 0 bridgehead atoms. The maximum atomic E-state index is 13.2. The van der Waals surface area contributed by atoms with Crippen LogP contribution in [0.4, 0.5) is 16.2 Å². The van der Waals surface area contributed by atoms with Crippen LogP contribution in [0.25, 0.3) is 6.08 Å². The summed E-state index contributed by atoms with van der Waals surface area (Å²) in [6.07, 6.45) is 1.30. The van der Waals surface area contributed by atoms with Crippen LogP contribution in [0.2, 0.25) is 5.02 Å². The molecule has 1 heterocycles. The third-order valence-corrected chi connectivity index (χ3v) is 5.94. The molecular weight excluding hydrogens is 566 g/mol. The van der Waals surface area contributed by atoms with Gasteiger partial charge >= 0.3 is 6.03 Å². The van der Waals surface area contributed by atoms with Crippen molar-refractivity contribution in [1.29, 1.82) is 0 Å². The first-order chi connectivity index (χ1) is 17.7. The van der Waals surface area contributed by atoms with Crippen LogP contribution in [0.1, 0.15) is 5.56 Å². The van der Waals surface area contributed by atoms with E-state index in [4.69, 9.17) is 21.1 Å². The molecule has 5 amide bonds. The van der Waals surface area contributed by atoms with Crippen molar-refractivity contribution in [3.63, 3.8) is 0 Å². The van der Waals surface area contributed by atoms with Gasteiger partial charge in [-0.1, -0.05) is 27.5 Å². The summed E-state index contributed by atoms with van der Waals surface area (Å²) in [6, 6.07) is 16.8. The molecule has 3 aromatic carbocycles. The number of ether oxygens (including phenoxy) is 2. The smallest absolute Gasteiger partial charge is 0.335 e. The van der Waals surface area contributed by atoms with Gasteiger partial charge in [0.05, 0.1) is 12.8 Å². The lowest BCUT2D eigenvalue weighted by Gasteiger charge is -2.26. The normalized spacial score (nSPS) is 14.4. The van der Waals surface area contributed by atoms with Gasteiger partial charge in [0.2, 0.25) is 0 Å². The van der Waals surface area contributed by atoms with Gasteiger partial charge in [0.1, 0.15) is 17.1 Å². The number of amides is 5. The monoisotopic (exact) mass is 583 g/mol. The van der Waals surface area contributed by atoms with Crippen molar-refractivity contribution in [3.8, 4) is 11.5 Å². The largest absolute Gasteiger partial charge is 0.497 e. The van der Waals surface area contributed by atoms with Crippen molar-refractivity contribution >= 4 is 68.7 Å². The fourth-order valence-electron chi connectivity index (χ4n) is 3.42. The number of rotatable bonds is 7. The number of carbonyl (C=O) groups is 4. The number of methoxy groups -OCH3 is 1. The summed E-state index contributed by atoms with van der Waals surface area (Å²) in [5.74, 6) is -1.31. The van der Waals surface area contributed by atoms with Crippen LogP contribution < -0.4 is 25.0 Å². The van der Waals surface area contributed by atoms with Gasteiger partial charge in [-0.05, 0) is 72.8 Å². The standard InChI is InChI=1S/C26H19BrClN3O6/c1-36-20-9-7-19(8-10-20)31-25(34)21(24(33)30-26(31)35)13-15-12-16(27)2-11-22(15)37-14-23(32)29-18-5-3-17(28)4-6-18/h2-13H,14H2,1H3,(H,29,32)(H,30,33,35)/b21-13+. The Hall–Kier alpha value is -4.15. The van der Waals surface area contributed by atoms with Gasteiger partial charge in [0.25, 0.3) is 17.7 Å². The third kappa shape index (κ3) is 6.16. The molecule has 0 spiro atoms. The molecule has 188 valence electrons. The van der Waals surface area contributed by atoms with Crippen molar-refractivity contribution in [2.75, 3.05) is 23.9 Å². The molecule has 1 saturated heterocycles. The summed E-state index contributed by atoms with van der Waals surface area (Å²) in [5.41, 5.74) is 0.857. The number of hydrogen-bond acceptors (Lipinski definition) is 6. The van der Waals surface area contributed by atoms with Crippen molar-refractivity contribution in [3.05, 3.63) is 87.4 Å². The second-order valence-electron chi connectivity index (χ2n) is 7.68. The van der Waals surface area contributed by atoms with Crippen molar-refractivity contribution in [2.45, 2.75) is 0 Å². The van der Waals surface area contributed by atoms with Crippen molar-refractivity contribution < 1.29 is 28.7 Å². The highest BCUT2D eigenvalue weighted by Gasteiger charge is 2.37. The van der Waals surface area contributed by atoms with Crippen LogP contribution in [0.15, 0.2) is 76.8 Å². The zero-order valence-corrected chi connectivity index (χ0v) is 21.6. The average molecular weight is 585 g/mol. The molecule has 11 heteroatoms. The van der Waals surface area contributed by atoms with Crippen LogP contribution in [0, 0.1) is 0 Å². The van der Waals surface area contributed by atoms with E-state index in [1.54, 1.807) is 54.6 Å². The number of barbiturate groups is 1. The summed E-state index contributed by atoms with van der Waals surface area (Å²) in [4.78, 5) is 51.5. The number of nitrogens with one attached hydrogen (secondary N) is 2. The average Bonchev–Trinajstić information content (AvgIpc) is 2.87. The van der Waals surface area contributed by atoms with Gasteiger partial charge in [0, 0.05) is 20.7 Å². The van der Waals surface area contributed by atoms with E-state index in [0.717, 1.165) is 4.90 Å². The second-order valence-corrected chi connectivity index (χ2v) is 9.03. The van der Waals surface area contributed by atoms with E-state index in [9.17, 15) is 19.2 Å². The molecule has 1 aliphatic heterocycles. The number of imide groups is 2. The van der Waals surface area contributed by atoms with Crippen LogP contribution >= 0.6 is 27.5 Å². The Morgan fingerprint density at radius 1 is 1.05 bits per heavy atom. The van der Waals surface area contributed by atoms with Gasteiger partial charge in [-0.25, -0.2) is 9.69 Å². The number of benzene rings is 3. The van der Waals surface area contributed by atoms with Crippen LogP contribution in [-0.4, -0.2) is 37.5 Å². The first kappa shape index (κ1) is 25.9. The molecule has 9 nitrogen and oxygen atoms in total. The molecule has 2 N–H and O–H groups in total. The molecule has 0 atom stereocenters. The Bertz CT molecular complexity index is 1410. The van der Waals surface area contributed by atoms with Gasteiger partial charge in [-0.15, -0.1) is 0 Å². The van der Waals surface area contributed by atoms with E-state index < -0.39 is 23.8 Å². The number of carbonyl (C=O) groups excluding carboxylic acids is 4. The predicted octanol–water partition coefficient (Wildman–Crippen LogP) is 4.80. The Morgan fingerprint density at radius 2 is 1.76 bits per heavy atom. The Kier molecular flexibility index (Phi) is 7.90. The maximum absolute atomic E-state index is 13.2. The number of anilines is 2. The van der Waals surface area contributed by atoms with Gasteiger partial charge in [-0.2, -0.15) is 0 Å². The lowest BCUT2D eigenvalue weighted by Crippen LogP contribution is -2.54. The molecule has 4 rings (SSSR count). The van der Waals surface area contributed by atoms with Crippen LogP contribution in [0.3, 0.4) is 0 Å². The fourth-order valence-corrected chi connectivity index (χ4v) is 3.92. The van der Waals surface area contributed by atoms with E-state index in [0.29, 0.717) is 26.5 Å². The summed E-state index contributed by atoms with van der Waals surface area (Å²) < 4.78 is 11.4. The van der Waals surface area contributed by atoms with E-state index >= 15 is 0 Å². The number of nitrogens with zero attached hydrogens (tertiary/aromatic N) is 1. The van der Waals surface area contributed by atoms with E-state index in [2.05, 4.69) is 26.6 Å². The van der Waals surface area contributed by atoms with E-state index in [1.165, 1.54) is 25.3 Å². The van der Waals surface area contributed by atoms with Crippen molar-refractivity contribution in [1.82, 2.24) is 5.32 Å². The highest BCUT2D eigenvalue weighted by Crippen LogP contribution is 2.29. The topological polar surface area (TPSA) is 114 Å². The second kappa shape index (κ2) is 11.3. The SMILES string of the molecule is COc1ccc(N2C(=O)NC(=O)/C(=C\c3cc(Br)ccc3OCC(=O)Nc3ccc(Cl)cc3)C2=O)cc1. The molecular formula is C26H19BrClN3O6. The minimum Gasteiger partial charge on any atom is -0.497 e. The summed E-state index contributed by atoms with van der Waals surface area (Å²) in [5, 5.41) is 5.40. The molecule has 0 unspecified atom stereocenters. The molecule has 1 aliphatic rings. The zero-order chi connectivity index (χ0) is 26.5. The lowest BCUT2D eigenvalue weighted by atomic mass is 10.1. The minimum absolute atomic E-state index is 0.246. The third-order valence-electron chi connectivity index (χ3n) is 5.19. The minimum atomic E-state index is -0.873. The van der Waals surface area contributed by atoms with Crippen LogP contribution in [0.5, 0.6) is 11.5 Å². The quantitative estimate of drug-likeness (QED) is 0.305. The number of halogens is 2. The summed E-state index contributed by atoms with van der Waals surface area (Å²) in [7, 11) is 1.49. The lowest BCUT2D eigenvalue weighted by molar-refractivity contribution is -0.122. The highest BCUT2D eigenvalue weighted by molar-refractivity contribution is 9.10. The van der Waals surface area contributed by atoms with Gasteiger partial charge in [-0.3, -0.25) is 19.7 Å². The van der Waals surface area contributed by atoms with Crippen molar-refractivity contribution in [2.24, 2.45) is 0 Å². The molecule has 37 heavy (non-hydrogen) atoms. The Balaban J connectivity index is 1.57. The first-order valence-electron chi connectivity index (χ1n) is 10.8. The molecule has 0 aromatic heterocycles. The molecule has 3 aromatic rings. The van der Waals surface area contributed by atoms with Gasteiger partial charge < -0.3 is 14.8 Å². The maximum Gasteiger partial charge on any atom is 0.335 e. The zero-order valence-electron chi connectivity index (χ0n) is 19.3. The predicted molar refractivity (Wildman–Crippen MR) is 142 cm³/mol. The van der Waals surface area contributed by atoms with E-state index in [-0.39, 0.29) is 23.6 Å². The molecule has 1 fully saturated rings. The number of urea groups is 1.